The van der Waals surface area contributed by atoms with Gasteiger partial charge in [0.1, 0.15) is 5.82 Å². The minimum atomic E-state index is -0.834. The fraction of sp³-hybridized carbons (Fsp3) is 0.250. The lowest BCUT2D eigenvalue weighted by atomic mass is 9.96. The Morgan fingerprint density at radius 3 is 2.53 bits per heavy atom. The van der Waals surface area contributed by atoms with Crippen molar-refractivity contribution in [3.05, 3.63) is 68.9 Å². The smallest absolute Gasteiger partial charge is 0.129 e. The van der Waals surface area contributed by atoms with Crippen molar-refractivity contribution >= 4 is 15.9 Å². The zero-order valence-corrected chi connectivity index (χ0v) is 12.5. The van der Waals surface area contributed by atoms with Crippen molar-refractivity contribution in [3.63, 3.8) is 0 Å². The van der Waals surface area contributed by atoms with Gasteiger partial charge in [-0.05, 0) is 42.7 Å². The number of halogens is 2. The second-order valence-corrected chi connectivity index (χ2v) is 5.64. The van der Waals surface area contributed by atoms with Crippen molar-refractivity contribution in [1.29, 1.82) is 0 Å². The van der Waals surface area contributed by atoms with E-state index in [0.717, 1.165) is 21.2 Å². The first kappa shape index (κ1) is 14.2. The van der Waals surface area contributed by atoms with Gasteiger partial charge in [-0.3, -0.25) is 0 Å². The number of aliphatic hydroxyl groups excluding tert-OH is 1. The molecule has 0 aromatic heterocycles. The molecule has 1 nitrogen and oxygen atoms in total. The third kappa shape index (κ3) is 3.23. The van der Waals surface area contributed by atoms with E-state index in [4.69, 9.17) is 0 Å². The molecule has 0 saturated carbocycles. The number of aryl methyl sites for hydroxylation is 2. The second kappa shape index (κ2) is 5.85. The topological polar surface area (TPSA) is 20.2 Å². The monoisotopic (exact) mass is 322 g/mol. The first-order valence-electron chi connectivity index (χ1n) is 6.17. The Kier molecular flexibility index (Phi) is 4.38. The lowest BCUT2D eigenvalue weighted by molar-refractivity contribution is 0.172. The molecule has 0 aliphatic heterocycles. The summed E-state index contributed by atoms with van der Waals surface area (Å²) in [4.78, 5) is 0. The zero-order valence-electron chi connectivity index (χ0n) is 11.0. The maximum absolute atomic E-state index is 14.0. The van der Waals surface area contributed by atoms with Crippen LogP contribution < -0.4 is 0 Å². The Bertz CT molecular complexity index is 572. The molecular formula is C16H16BrFO. The number of benzene rings is 2. The van der Waals surface area contributed by atoms with E-state index in [1.54, 1.807) is 0 Å². The van der Waals surface area contributed by atoms with Gasteiger partial charge in [0, 0.05) is 16.5 Å². The highest BCUT2D eigenvalue weighted by atomic mass is 79.9. The summed E-state index contributed by atoms with van der Waals surface area (Å²) in [6.07, 6.45) is -0.443. The van der Waals surface area contributed by atoms with E-state index >= 15 is 0 Å². The summed E-state index contributed by atoms with van der Waals surface area (Å²) < 4.78 is 14.9. The van der Waals surface area contributed by atoms with Crippen LogP contribution in [0.4, 0.5) is 4.39 Å². The normalized spacial score (nSPS) is 12.5. The van der Waals surface area contributed by atoms with Crippen LogP contribution in [-0.4, -0.2) is 5.11 Å². The molecule has 2 aromatic carbocycles. The molecule has 1 atom stereocenters. The molecule has 0 bridgehead atoms. The maximum Gasteiger partial charge on any atom is 0.129 e. The first-order valence-corrected chi connectivity index (χ1v) is 6.96. The van der Waals surface area contributed by atoms with E-state index in [-0.39, 0.29) is 5.82 Å². The Labute approximate surface area is 121 Å². The van der Waals surface area contributed by atoms with Gasteiger partial charge in [0.05, 0.1) is 6.10 Å². The molecule has 2 aromatic rings. The van der Waals surface area contributed by atoms with Crippen LogP contribution in [0.3, 0.4) is 0 Å². The summed E-state index contributed by atoms with van der Waals surface area (Å²) in [5.74, 6) is -0.336. The summed E-state index contributed by atoms with van der Waals surface area (Å²) in [5.41, 5.74) is 3.01. The lowest BCUT2D eigenvalue weighted by Crippen LogP contribution is -2.07. The van der Waals surface area contributed by atoms with Crippen molar-refractivity contribution in [2.24, 2.45) is 0 Å². The third-order valence-electron chi connectivity index (χ3n) is 3.19. The average Bonchev–Trinajstić information content (AvgIpc) is 2.30. The van der Waals surface area contributed by atoms with Crippen LogP contribution in [-0.2, 0) is 6.42 Å². The second-order valence-electron chi connectivity index (χ2n) is 4.79. The number of hydrogen-bond acceptors (Lipinski definition) is 1. The molecule has 0 heterocycles. The molecule has 0 spiro atoms. The van der Waals surface area contributed by atoms with Gasteiger partial charge < -0.3 is 5.11 Å². The largest absolute Gasteiger partial charge is 0.388 e. The van der Waals surface area contributed by atoms with Crippen LogP contribution in [0, 0.1) is 19.7 Å². The standard InChI is InChI=1S/C16H16BrFO/c1-10-7-11(2)16(14(18)8-10)15(19)9-12-5-3-4-6-13(12)17/h3-8,15,19H,9H2,1-2H3. The van der Waals surface area contributed by atoms with Crippen molar-refractivity contribution in [3.8, 4) is 0 Å². The van der Waals surface area contributed by atoms with E-state index in [1.165, 1.54) is 6.07 Å². The summed E-state index contributed by atoms with van der Waals surface area (Å²) in [6.45, 7) is 3.68. The van der Waals surface area contributed by atoms with Crippen molar-refractivity contribution in [2.75, 3.05) is 0 Å². The summed E-state index contributed by atoms with van der Waals surface area (Å²) in [5, 5.41) is 10.3. The van der Waals surface area contributed by atoms with Gasteiger partial charge in [-0.15, -0.1) is 0 Å². The molecule has 0 amide bonds. The van der Waals surface area contributed by atoms with Gasteiger partial charge in [0.25, 0.3) is 0 Å². The molecule has 100 valence electrons. The average molecular weight is 323 g/mol. The fourth-order valence-electron chi connectivity index (χ4n) is 2.32. The predicted molar refractivity (Wildman–Crippen MR) is 78.7 cm³/mol. The number of rotatable bonds is 3. The van der Waals surface area contributed by atoms with E-state index in [9.17, 15) is 9.50 Å². The fourth-order valence-corrected chi connectivity index (χ4v) is 2.77. The van der Waals surface area contributed by atoms with Gasteiger partial charge in [-0.2, -0.15) is 0 Å². The SMILES string of the molecule is Cc1cc(C)c(C(O)Cc2ccccc2Br)c(F)c1. The molecule has 0 aliphatic carbocycles. The number of hydrogen-bond donors (Lipinski definition) is 1. The van der Waals surface area contributed by atoms with Crippen LogP contribution in [0.5, 0.6) is 0 Å². The van der Waals surface area contributed by atoms with Crippen molar-refractivity contribution in [2.45, 2.75) is 26.4 Å². The molecule has 0 fully saturated rings. The van der Waals surface area contributed by atoms with E-state index in [1.807, 2.05) is 44.2 Å². The molecule has 2 rings (SSSR count). The quantitative estimate of drug-likeness (QED) is 0.883. The Morgan fingerprint density at radius 2 is 1.89 bits per heavy atom. The molecule has 0 radical (unpaired) electrons. The number of aliphatic hydroxyl groups is 1. The summed E-state index contributed by atoms with van der Waals surface area (Å²) in [7, 11) is 0. The minimum absolute atomic E-state index is 0.336. The van der Waals surface area contributed by atoms with Crippen LogP contribution >= 0.6 is 15.9 Å². The molecule has 1 N–H and O–H groups in total. The summed E-state index contributed by atoms with van der Waals surface area (Å²) >= 11 is 3.44. The molecule has 0 aliphatic rings. The highest BCUT2D eigenvalue weighted by Crippen LogP contribution is 2.28. The van der Waals surface area contributed by atoms with Gasteiger partial charge in [0.15, 0.2) is 0 Å². The Morgan fingerprint density at radius 1 is 1.21 bits per heavy atom. The first-order chi connectivity index (χ1) is 8.99. The predicted octanol–water partition coefficient (Wildman–Crippen LogP) is 4.48. The molecule has 3 heteroatoms. The van der Waals surface area contributed by atoms with Gasteiger partial charge >= 0.3 is 0 Å². The van der Waals surface area contributed by atoms with E-state index in [2.05, 4.69) is 15.9 Å². The van der Waals surface area contributed by atoms with Crippen molar-refractivity contribution in [1.82, 2.24) is 0 Å². The van der Waals surface area contributed by atoms with E-state index in [0.29, 0.717) is 12.0 Å². The maximum atomic E-state index is 14.0. The van der Waals surface area contributed by atoms with Gasteiger partial charge in [-0.25, -0.2) is 4.39 Å². The lowest BCUT2D eigenvalue weighted by Gasteiger charge is -2.16. The summed E-state index contributed by atoms with van der Waals surface area (Å²) in [6, 6.07) is 11.0. The van der Waals surface area contributed by atoms with Crippen LogP contribution in [0.1, 0.15) is 28.4 Å². The Balaban J connectivity index is 2.31. The zero-order chi connectivity index (χ0) is 14.0. The third-order valence-corrected chi connectivity index (χ3v) is 3.96. The van der Waals surface area contributed by atoms with Gasteiger partial charge in [-0.1, -0.05) is 40.2 Å². The van der Waals surface area contributed by atoms with Gasteiger partial charge in [0.2, 0.25) is 0 Å². The van der Waals surface area contributed by atoms with Crippen LogP contribution in [0.15, 0.2) is 40.9 Å². The molecular weight excluding hydrogens is 307 g/mol. The van der Waals surface area contributed by atoms with E-state index < -0.39 is 6.10 Å². The highest BCUT2D eigenvalue weighted by Gasteiger charge is 2.17. The Hall–Kier alpha value is -1.19. The minimum Gasteiger partial charge on any atom is -0.388 e. The van der Waals surface area contributed by atoms with Crippen LogP contribution in [0.25, 0.3) is 0 Å². The molecule has 19 heavy (non-hydrogen) atoms. The molecule has 0 saturated heterocycles. The molecule has 1 unspecified atom stereocenters. The van der Waals surface area contributed by atoms with Crippen molar-refractivity contribution < 1.29 is 9.50 Å². The van der Waals surface area contributed by atoms with Crippen LogP contribution in [0.2, 0.25) is 0 Å². The highest BCUT2D eigenvalue weighted by molar-refractivity contribution is 9.10.